The summed E-state index contributed by atoms with van der Waals surface area (Å²) < 4.78 is 0. The van der Waals surface area contributed by atoms with Gasteiger partial charge < -0.3 is 0 Å². The van der Waals surface area contributed by atoms with Crippen LogP contribution in [0.4, 0.5) is 0 Å². The highest BCUT2D eigenvalue weighted by atomic mass is 16.1. The number of carbonyl (C=O) groups excluding carboxylic acids is 1. The van der Waals surface area contributed by atoms with Gasteiger partial charge in [0.2, 0.25) is 0 Å². The first-order valence-corrected chi connectivity index (χ1v) is 4.72. The minimum Gasteiger partial charge on any atom is -0.290 e. The van der Waals surface area contributed by atoms with Crippen LogP contribution in [0.2, 0.25) is 0 Å². The van der Waals surface area contributed by atoms with E-state index in [0.717, 1.165) is 0 Å². The zero-order chi connectivity index (χ0) is 12.7. The lowest BCUT2D eigenvalue weighted by molar-refractivity contribution is 0.103. The van der Waals surface area contributed by atoms with Gasteiger partial charge in [-0.3, -0.25) is 4.79 Å². The number of hydrogen-bond acceptors (Lipinski definition) is 3. The van der Waals surface area contributed by atoms with Crippen molar-refractivity contribution in [1.29, 1.82) is 10.5 Å². The summed E-state index contributed by atoms with van der Waals surface area (Å²) in [5.74, 6) is -0.445. The van der Waals surface area contributed by atoms with Crippen LogP contribution >= 0.6 is 0 Å². The normalized spacial score (nSPS) is 10.4. The van der Waals surface area contributed by atoms with Crippen LogP contribution in [-0.4, -0.2) is 5.78 Å². The average molecular weight is 221 g/mol. The van der Waals surface area contributed by atoms with Gasteiger partial charge in [-0.2, -0.15) is 5.26 Å². The molecule has 0 fully saturated rings. The van der Waals surface area contributed by atoms with Gasteiger partial charge in [0.25, 0.3) is 5.70 Å². The van der Waals surface area contributed by atoms with E-state index in [0.29, 0.717) is 5.56 Å². The fraction of sp³-hybridized carbons (Fsp3) is 0.0769. The number of benzene rings is 1. The van der Waals surface area contributed by atoms with Crippen LogP contribution in [0.15, 0.2) is 41.6 Å². The van der Waals surface area contributed by atoms with E-state index in [1.807, 2.05) is 0 Å². The van der Waals surface area contributed by atoms with E-state index in [9.17, 15) is 4.79 Å². The molecule has 4 heteroatoms. The Morgan fingerprint density at radius 2 is 1.94 bits per heavy atom. The van der Waals surface area contributed by atoms with Gasteiger partial charge in [-0.25, -0.2) is 10.1 Å². The SMILES string of the molecule is [C-]#[N+]/C(C#N)=C(/CC#N)C(=O)c1ccccc1. The highest BCUT2D eigenvalue weighted by Gasteiger charge is 2.16. The zero-order valence-electron chi connectivity index (χ0n) is 8.84. The second kappa shape index (κ2) is 5.85. The molecule has 0 unspecified atom stereocenters. The molecule has 0 spiro atoms. The summed E-state index contributed by atoms with van der Waals surface area (Å²) in [5, 5.41) is 17.4. The summed E-state index contributed by atoms with van der Waals surface area (Å²) in [6.07, 6.45) is -0.237. The van der Waals surface area contributed by atoms with Crippen molar-refractivity contribution < 1.29 is 4.79 Å². The van der Waals surface area contributed by atoms with Crippen LogP contribution < -0.4 is 0 Å². The van der Waals surface area contributed by atoms with Gasteiger partial charge >= 0.3 is 0 Å². The predicted octanol–water partition coefficient (Wildman–Crippen LogP) is 2.48. The second-order valence-electron chi connectivity index (χ2n) is 3.08. The number of hydrogen-bond donors (Lipinski definition) is 0. The molecule has 0 amide bonds. The molecule has 0 aliphatic carbocycles. The Kier molecular flexibility index (Phi) is 4.19. The molecule has 80 valence electrons. The standard InChI is InChI=1S/C13H7N3O/c1-16-12(9-15)11(7-8-14)13(17)10-5-3-2-4-6-10/h2-6H,7H2/b12-11-. The number of ketones is 1. The van der Waals surface area contributed by atoms with E-state index >= 15 is 0 Å². The maximum Gasteiger partial charge on any atom is 0.269 e. The van der Waals surface area contributed by atoms with Crippen molar-refractivity contribution in [2.75, 3.05) is 0 Å². The van der Waals surface area contributed by atoms with Crippen LogP contribution in [0.3, 0.4) is 0 Å². The average Bonchev–Trinajstić information content (AvgIpc) is 2.39. The van der Waals surface area contributed by atoms with Crippen LogP contribution in [0, 0.1) is 29.2 Å². The highest BCUT2D eigenvalue weighted by molar-refractivity contribution is 6.09. The minimum absolute atomic E-state index is 0.0452. The molecule has 17 heavy (non-hydrogen) atoms. The van der Waals surface area contributed by atoms with Crippen molar-refractivity contribution in [3.8, 4) is 12.1 Å². The molecule has 0 aliphatic heterocycles. The fourth-order valence-electron chi connectivity index (χ4n) is 1.27. The Hall–Kier alpha value is -2.90. The predicted molar refractivity (Wildman–Crippen MR) is 60.2 cm³/mol. The number of rotatable bonds is 3. The minimum atomic E-state index is -0.445. The molecule has 0 N–H and O–H groups in total. The summed E-state index contributed by atoms with van der Waals surface area (Å²) >= 11 is 0. The molecule has 4 nitrogen and oxygen atoms in total. The third-order valence-electron chi connectivity index (χ3n) is 2.07. The van der Waals surface area contributed by atoms with Crippen molar-refractivity contribution in [2.24, 2.45) is 0 Å². The molecule has 0 aliphatic rings. The van der Waals surface area contributed by atoms with Gasteiger partial charge in [0.05, 0.1) is 25.1 Å². The van der Waals surface area contributed by atoms with Gasteiger partial charge in [0, 0.05) is 11.1 Å². The van der Waals surface area contributed by atoms with Crippen molar-refractivity contribution >= 4 is 5.78 Å². The molecular weight excluding hydrogens is 214 g/mol. The molecular formula is C13H7N3O. The summed E-state index contributed by atoms with van der Waals surface area (Å²) in [6.45, 7) is 6.81. The van der Waals surface area contributed by atoms with Crippen molar-refractivity contribution in [2.45, 2.75) is 6.42 Å². The van der Waals surface area contributed by atoms with E-state index in [2.05, 4.69) is 4.85 Å². The quantitative estimate of drug-likeness (QED) is 0.341. The van der Waals surface area contributed by atoms with Gasteiger partial charge in [0.1, 0.15) is 0 Å². The lowest BCUT2D eigenvalue weighted by atomic mass is 10.00. The van der Waals surface area contributed by atoms with Gasteiger partial charge in [-0.05, 0) is 0 Å². The first kappa shape index (κ1) is 12.2. The monoisotopic (exact) mass is 221 g/mol. The van der Waals surface area contributed by atoms with Crippen LogP contribution in [0.1, 0.15) is 16.8 Å². The maximum absolute atomic E-state index is 12.0. The molecule has 0 heterocycles. The van der Waals surface area contributed by atoms with E-state index in [1.54, 1.807) is 42.5 Å². The third kappa shape index (κ3) is 2.78. The smallest absolute Gasteiger partial charge is 0.269 e. The number of Topliss-reactive ketones (excluding diaryl/α,β-unsaturated/α-hetero) is 1. The molecule has 0 saturated carbocycles. The highest BCUT2D eigenvalue weighted by Crippen LogP contribution is 2.16. The maximum atomic E-state index is 12.0. The lowest BCUT2D eigenvalue weighted by Gasteiger charge is -2.02. The second-order valence-corrected chi connectivity index (χ2v) is 3.08. The number of carbonyl (C=O) groups is 1. The van der Waals surface area contributed by atoms with Crippen molar-refractivity contribution in [3.05, 3.63) is 58.6 Å². The summed E-state index contributed by atoms with van der Waals surface area (Å²) in [5.41, 5.74) is 0.00533. The van der Waals surface area contributed by atoms with Gasteiger partial charge in [0.15, 0.2) is 5.78 Å². The first-order valence-electron chi connectivity index (χ1n) is 4.72. The summed E-state index contributed by atoms with van der Waals surface area (Å²) in [4.78, 5) is 15.0. The zero-order valence-corrected chi connectivity index (χ0v) is 8.84. The van der Waals surface area contributed by atoms with Crippen LogP contribution in [0.25, 0.3) is 4.85 Å². The van der Waals surface area contributed by atoms with E-state index in [-0.39, 0.29) is 17.7 Å². The molecule has 0 atom stereocenters. The van der Waals surface area contributed by atoms with Crippen molar-refractivity contribution in [3.63, 3.8) is 0 Å². The number of nitriles is 2. The van der Waals surface area contributed by atoms with Gasteiger partial charge in [-0.15, -0.1) is 0 Å². The molecule has 1 aromatic carbocycles. The van der Waals surface area contributed by atoms with Crippen molar-refractivity contribution in [1.82, 2.24) is 0 Å². The Morgan fingerprint density at radius 1 is 1.29 bits per heavy atom. The fourth-order valence-corrected chi connectivity index (χ4v) is 1.27. The van der Waals surface area contributed by atoms with Gasteiger partial charge in [-0.1, -0.05) is 30.3 Å². The lowest BCUT2D eigenvalue weighted by Crippen LogP contribution is -2.05. The molecule has 1 aromatic rings. The van der Waals surface area contributed by atoms with Crippen LogP contribution in [0.5, 0.6) is 0 Å². The Morgan fingerprint density at radius 3 is 2.41 bits per heavy atom. The Bertz CT molecular complexity index is 564. The summed E-state index contributed by atoms with van der Waals surface area (Å²) in [6, 6.07) is 11.7. The topological polar surface area (TPSA) is 69.0 Å². The number of allylic oxidation sites excluding steroid dienone is 2. The van der Waals surface area contributed by atoms with Crippen LogP contribution in [-0.2, 0) is 0 Å². The molecule has 0 radical (unpaired) electrons. The van der Waals surface area contributed by atoms with E-state index < -0.39 is 5.78 Å². The summed E-state index contributed by atoms with van der Waals surface area (Å²) in [7, 11) is 0. The Labute approximate surface area is 98.8 Å². The largest absolute Gasteiger partial charge is 0.290 e. The number of nitrogens with zero attached hydrogens (tertiary/aromatic N) is 3. The molecule has 0 aromatic heterocycles. The molecule has 0 bridgehead atoms. The van der Waals surface area contributed by atoms with E-state index in [1.165, 1.54) is 0 Å². The Balaban J connectivity index is 3.26. The molecule has 1 rings (SSSR count). The van der Waals surface area contributed by atoms with E-state index in [4.69, 9.17) is 17.1 Å². The third-order valence-corrected chi connectivity index (χ3v) is 2.07. The first-order chi connectivity index (χ1) is 8.24. The molecule has 0 saturated heterocycles.